The van der Waals surface area contributed by atoms with Crippen LogP contribution in [0.3, 0.4) is 0 Å². The Balaban J connectivity index is 2.47. The number of sulfone groups is 1. The van der Waals surface area contributed by atoms with Crippen molar-refractivity contribution in [1.29, 1.82) is 0 Å². The Labute approximate surface area is 81.3 Å². The Morgan fingerprint density at radius 2 is 2.21 bits per heavy atom. The lowest BCUT2D eigenvalue weighted by atomic mass is 10.5. The molecule has 78 valence electrons. The molecule has 0 bridgehead atoms. The minimum Gasteiger partial charge on any atom is -0.369 e. The summed E-state index contributed by atoms with van der Waals surface area (Å²) in [5, 5.41) is 2.67. The van der Waals surface area contributed by atoms with E-state index in [-0.39, 0.29) is 18.1 Å². The fraction of sp³-hybridized carbons (Fsp3) is 0.429. The van der Waals surface area contributed by atoms with E-state index in [0.717, 1.165) is 18.6 Å². The van der Waals surface area contributed by atoms with Crippen LogP contribution in [-0.4, -0.2) is 36.9 Å². The standard InChI is InChI=1S/C7H10FN3O2S/c1-14(12,13)3-2-9-7-4-6(8)10-5-11-7/h4-5H,2-3H2,1H3,(H,9,10,11). The highest BCUT2D eigenvalue weighted by molar-refractivity contribution is 7.90. The Kier molecular flexibility index (Phi) is 3.34. The second kappa shape index (κ2) is 4.32. The van der Waals surface area contributed by atoms with Gasteiger partial charge in [0.25, 0.3) is 0 Å². The molecule has 0 aliphatic rings. The van der Waals surface area contributed by atoms with Gasteiger partial charge in [0.05, 0.1) is 5.75 Å². The molecule has 0 saturated carbocycles. The molecule has 1 aromatic rings. The highest BCUT2D eigenvalue weighted by Gasteiger charge is 2.02. The molecule has 14 heavy (non-hydrogen) atoms. The highest BCUT2D eigenvalue weighted by Crippen LogP contribution is 2.01. The van der Waals surface area contributed by atoms with Crippen LogP contribution in [0.1, 0.15) is 0 Å². The molecule has 0 saturated heterocycles. The van der Waals surface area contributed by atoms with Crippen molar-refractivity contribution in [3.63, 3.8) is 0 Å². The van der Waals surface area contributed by atoms with E-state index in [1.165, 1.54) is 0 Å². The van der Waals surface area contributed by atoms with Crippen LogP contribution in [0.5, 0.6) is 0 Å². The Morgan fingerprint density at radius 1 is 1.50 bits per heavy atom. The van der Waals surface area contributed by atoms with Gasteiger partial charge in [-0.3, -0.25) is 0 Å². The van der Waals surface area contributed by atoms with Gasteiger partial charge >= 0.3 is 0 Å². The summed E-state index contributed by atoms with van der Waals surface area (Å²) >= 11 is 0. The third-order valence-electron chi connectivity index (χ3n) is 1.41. The van der Waals surface area contributed by atoms with Crippen molar-refractivity contribution in [2.24, 2.45) is 0 Å². The Hall–Kier alpha value is -1.24. The van der Waals surface area contributed by atoms with E-state index in [9.17, 15) is 12.8 Å². The maximum Gasteiger partial charge on any atom is 0.217 e. The lowest BCUT2D eigenvalue weighted by molar-refractivity contribution is 0.580. The van der Waals surface area contributed by atoms with E-state index in [2.05, 4.69) is 15.3 Å². The fourth-order valence-corrected chi connectivity index (χ4v) is 1.27. The molecule has 1 heterocycles. The second-order valence-corrected chi connectivity index (χ2v) is 5.04. The predicted octanol–water partition coefficient (Wildman–Crippen LogP) is 0.0722. The number of nitrogens with one attached hydrogen (secondary N) is 1. The summed E-state index contributed by atoms with van der Waals surface area (Å²) < 4.78 is 34.0. The monoisotopic (exact) mass is 219 g/mol. The molecule has 1 aromatic heterocycles. The van der Waals surface area contributed by atoms with Gasteiger partial charge < -0.3 is 5.32 Å². The first kappa shape index (κ1) is 10.8. The lowest BCUT2D eigenvalue weighted by Crippen LogP contribution is -2.14. The van der Waals surface area contributed by atoms with Crippen LogP contribution in [0.2, 0.25) is 0 Å². The average Bonchev–Trinajstić information content (AvgIpc) is 2.01. The van der Waals surface area contributed by atoms with Crippen LogP contribution in [0.25, 0.3) is 0 Å². The maximum absolute atomic E-state index is 12.5. The van der Waals surface area contributed by atoms with Gasteiger partial charge in [-0.15, -0.1) is 0 Å². The Morgan fingerprint density at radius 3 is 2.79 bits per heavy atom. The van der Waals surface area contributed by atoms with Gasteiger partial charge in [-0.05, 0) is 0 Å². The smallest absolute Gasteiger partial charge is 0.217 e. The van der Waals surface area contributed by atoms with E-state index < -0.39 is 15.8 Å². The zero-order chi connectivity index (χ0) is 10.6. The number of anilines is 1. The van der Waals surface area contributed by atoms with Crippen LogP contribution in [0.15, 0.2) is 12.4 Å². The predicted molar refractivity (Wildman–Crippen MR) is 50.2 cm³/mol. The highest BCUT2D eigenvalue weighted by atomic mass is 32.2. The maximum atomic E-state index is 12.5. The zero-order valence-corrected chi connectivity index (χ0v) is 8.38. The van der Waals surface area contributed by atoms with Gasteiger partial charge in [-0.25, -0.2) is 18.4 Å². The van der Waals surface area contributed by atoms with Crippen molar-refractivity contribution < 1.29 is 12.8 Å². The lowest BCUT2D eigenvalue weighted by Gasteiger charge is -2.03. The third-order valence-corrected chi connectivity index (χ3v) is 2.36. The summed E-state index contributed by atoms with van der Waals surface area (Å²) in [5.74, 6) is -0.387. The van der Waals surface area contributed by atoms with Gasteiger partial charge in [0.1, 0.15) is 22.0 Å². The molecular weight excluding hydrogens is 209 g/mol. The molecule has 5 nitrogen and oxygen atoms in total. The quantitative estimate of drug-likeness (QED) is 0.726. The largest absolute Gasteiger partial charge is 0.369 e. The summed E-state index contributed by atoms with van der Waals surface area (Å²) in [6.45, 7) is 0.204. The summed E-state index contributed by atoms with van der Waals surface area (Å²) in [6.07, 6.45) is 2.20. The molecule has 1 N–H and O–H groups in total. The zero-order valence-electron chi connectivity index (χ0n) is 7.57. The van der Waals surface area contributed by atoms with E-state index >= 15 is 0 Å². The third kappa shape index (κ3) is 4.13. The van der Waals surface area contributed by atoms with E-state index in [1.807, 2.05) is 0 Å². The second-order valence-electron chi connectivity index (χ2n) is 2.78. The van der Waals surface area contributed by atoms with Gasteiger partial charge in [0.15, 0.2) is 0 Å². The van der Waals surface area contributed by atoms with Crippen molar-refractivity contribution in [2.45, 2.75) is 0 Å². The van der Waals surface area contributed by atoms with E-state index in [0.29, 0.717) is 0 Å². The van der Waals surface area contributed by atoms with Crippen molar-refractivity contribution in [1.82, 2.24) is 9.97 Å². The van der Waals surface area contributed by atoms with Gasteiger partial charge in [-0.1, -0.05) is 0 Å². The van der Waals surface area contributed by atoms with Crippen LogP contribution < -0.4 is 5.32 Å². The number of nitrogens with zero attached hydrogens (tertiary/aromatic N) is 2. The first-order valence-corrected chi connectivity index (χ1v) is 5.92. The number of aromatic nitrogens is 2. The minimum absolute atomic E-state index is 0.0153. The molecule has 0 amide bonds. The van der Waals surface area contributed by atoms with Gasteiger partial charge in [0.2, 0.25) is 5.95 Å². The number of hydrogen-bond donors (Lipinski definition) is 1. The van der Waals surface area contributed by atoms with Crippen molar-refractivity contribution in [3.05, 3.63) is 18.3 Å². The SMILES string of the molecule is CS(=O)(=O)CCNc1cc(F)ncn1. The Bertz CT molecular complexity index is 407. The van der Waals surface area contributed by atoms with Crippen molar-refractivity contribution in [3.8, 4) is 0 Å². The normalized spacial score (nSPS) is 11.3. The van der Waals surface area contributed by atoms with Gasteiger partial charge in [0, 0.05) is 18.9 Å². The molecule has 0 unspecified atom stereocenters. The molecule has 1 rings (SSSR count). The molecular formula is C7H10FN3O2S. The first-order chi connectivity index (χ1) is 6.47. The topological polar surface area (TPSA) is 72.0 Å². The van der Waals surface area contributed by atoms with Crippen LogP contribution in [0.4, 0.5) is 10.2 Å². The number of halogens is 1. The molecule has 0 spiro atoms. The minimum atomic E-state index is -3.00. The van der Waals surface area contributed by atoms with Crippen molar-refractivity contribution in [2.75, 3.05) is 23.9 Å². The number of hydrogen-bond acceptors (Lipinski definition) is 5. The van der Waals surface area contributed by atoms with Crippen LogP contribution in [-0.2, 0) is 9.84 Å². The first-order valence-electron chi connectivity index (χ1n) is 3.86. The van der Waals surface area contributed by atoms with Gasteiger partial charge in [-0.2, -0.15) is 4.39 Å². The number of rotatable bonds is 4. The molecule has 0 aromatic carbocycles. The summed E-state index contributed by atoms with van der Waals surface area (Å²) in [7, 11) is -3.00. The molecule has 0 atom stereocenters. The average molecular weight is 219 g/mol. The molecule has 0 aliphatic carbocycles. The molecule has 0 fully saturated rings. The molecule has 0 radical (unpaired) electrons. The summed E-state index contributed by atoms with van der Waals surface area (Å²) in [4.78, 5) is 6.96. The van der Waals surface area contributed by atoms with Crippen molar-refractivity contribution >= 4 is 15.7 Å². The molecule has 7 heteroatoms. The summed E-state index contributed by atoms with van der Waals surface area (Å²) in [6, 6.07) is 1.10. The van der Waals surface area contributed by atoms with E-state index in [1.54, 1.807) is 0 Å². The van der Waals surface area contributed by atoms with Crippen LogP contribution in [0, 0.1) is 5.95 Å². The van der Waals surface area contributed by atoms with Crippen LogP contribution >= 0.6 is 0 Å². The fourth-order valence-electron chi connectivity index (χ4n) is 0.795. The summed E-state index contributed by atoms with van der Waals surface area (Å²) in [5.41, 5.74) is 0. The molecule has 0 aliphatic heterocycles. The van der Waals surface area contributed by atoms with E-state index in [4.69, 9.17) is 0 Å².